The summed E-state index contributed by atoms with van der Waals surface area (Å²) in [6, 6.07) is 13.2. The van der Waals surface area contributed by atoms with Crippen molar-refractivity contribution < 1.29 is 22.8 Å². The zero-order valence-corrected chi connectivity index (χ0v) is 21.6. The fourth-order valence-corrected chi connectivity index (χ4v) is 3.65. The molecule has 0 unspecified atom stereocenters. The normalized spacial score (nSPS) is 11.8. The quantitative estimate of drug-likeness (QED) is 0.383. The highest BCUT2D eigenvalue weighted by Gasteiger charge is 2.30. The van der Waals surface area contributed by atoms with Gasteiger partial charge in [0.15, 0.2) is 0 Å². The van der Waals surface area contributed by atoms with Gasteiger partial charge in [-0.1, -0.05) is 45.9 Å². The molecule has 1 heterocycles. The van der Waals surface area contributed by atoms with E-state index in [1.165, 1.54) is 17.0 Å². The highest BCUT2D eigenvalue weighted by molar-refractivity contribution is 5.96. The molecule has 7 nitrogen and oxygen atoms in total. The van der Waals surface area contributed by atoms with Gasteiger partial charge in [0.05, 0.1) is 16.9 Å². The first-order chi connectivity index (χ1) is 17.3. The number of carbonyl (C=O) groups is 2. The van der Waals surface area contributed by atoms with Crippen molar-refractivity contribution in [1.29, 1.82) is 0 Å². The van der Waals surface area contributed by atoms with Crippen molar-refractivity contribution in [3.05, 3.63) is 71.4 Å². The third kappa shape index (κ3) is 7.34. The predicted molar refractivity (Wildman–Crippen MR) is 138 cm³/mol. The molecule has 198 valence electrons. The van der Waals surface area contributed by atoms with Crippen molar-refractivity contribution in [1.82, 2.24) is 14.7 Å². The molecule has 0 aliphatic rings. The lowest BCUT2D eigenvalue weighted by Crippen LogP contribution is -2.41. The van der Waals surface area contributed by atoms with Gasteiger partial charge in [-0.05, 0) is 49.2 Å². The molecule has 0 fully saturated rings. The average Bonchev–Trinajstić information content (AvgIpc) is 3.22. The lowest BCUT2D eigenvalue weighted by Gasteiger charge is -2.22. The van der Waals surface area contributed by atoms with Crippen molar-refractivity contribution in [2.75, 3.05) is 23.7 Å². The molecule has 0 aliphatic carbocycles. The minimum Gasteiger partial charge on any atom is -0.315 e. The van der Waals surface area contributed by atoms with Crippen molar-refractivity contribution in [2.45, 2.75) is 52.6 Å². The van der Waals surface area contributed by atoms with Gasteiger partial charge in [-0.15, -0.1) is 0 Å². The van der Waals surface area contributed by atoms with E-state index in [0.717, 1.165) is 29.1 Å². The number of urea groups is 1. The van der Waals surface area contributed by atoms with E-state index in [9.17, 15) is 22.8 Å². The minimum atomic E-state index is -4.53. The van der Waals surface area contributed by atoms with Gasteiger partial charge in [0.1, 0.15) is 12.4 Å². The van der Waals surface area contributed by atoms with Crippen LogP contribution in [0.1, 0.15) is 50.9 Å². The highest BCUT2D eigenvalue weighted by Crippen LogP contribution is 2.31. The van der Waals surface area contributed by atoms with Crippen molar-refractivity contribution in [3.63, 3.8) is 0 Å². The number of rotatable bonds is 7. The maximum atomic E-state index is 13.0. The number of benzene rings is 2. The summed E-state index contributed by atoms with van der Waals surface area (Å²) in [7, 11) is 0. The second-order valence-corrected chi connectivity index (χ2v) is 9.89. The molecule has 37 heavy (non-hydrogen) atoms. The molecule has 2 aromatic carbocycles. The molecule has 0 saturated carbocycles. The lowest BCUT2D eigenvalue weighted by atomic mass is 9.92. The number of hydrogen-bond acceptors (Lipinski definition) is 3. The number of nitrogens with zero attached hydrogens (tertiary/aromatic N) is 3. The van der Waals surface area contributed by atoms with Crippen molar-refractivity contribution >= 4 is 23.4 Å². The van der Waals surface area contributed by atoms with E-state index in [1.807, 2.05) is 58.9 Å². The maximum absolute atomic E-state index is 13.0. The second-order valence-electron chi connectivity index (χ2n) is 9.89. The van der Waals surface area contributed by atoms with Gasteiger partial charge in [0.2, 0.25) is 5.91 Å². The Labute approximate surface area is 214 Å². The molecular formula is C27H32F3N5O2. The van der Waals surface area contributed by atoms with Gasteiger partial charge >= 0.3 is 12.2 Å². The SMILES string of the molecule is CCCN(CC(=O)Nc1cc(C(C)(C)C)nn1-c1cccc(C)c1)C(=O)Nc1cccc(C(F)(F)F)c1. The summed E-state index contributed by atoms with van der Waals surface area (Å²) in [6.45, 7) is 9.80. The Kier molecular flexibility index (Phi) is 8.30. The summed E-state index contributed by atoms with van der Waals surface area (Å²) in [5.74, 6) is -0.00263. The highest BCUT2D eigenvalue weighted by atomic mass is 19.4. The zero-order valence-electron chi connectivity index (χ0n) is 21.6. The number of aryl methyl sites for hydroxylation is 1. The molecule has 1 aromatic heterocycles. The van der Waals surface area contributed by atoms with Gasteiger partial charge < -0.3 is 15.5 Å². The van der Waals surface area contributed by atoms with Gasteiger partial charge in [-0.25, -0.2) is 9.48 Å². The van der Waals surface area contributed by atoms with E-state index in [0.29, 0.717) is 12.2 Å². The first-order valence-corrected chi connectivity index (χ1v) is 12.0. The number of halogens is 3. The van der Waals surface area contributed by atoms with Gasteiger partial charge in [-0.3, -0.25) is 4.79 Å². The first-order valence-electron chi connectivity index (χ1n) is 12.0. The van der Waals surface area contributed by atoms with E-state index >= 15 is 0 Å². The molecule has 2 N–H and O–H groups in total. The summed E-state index contributed by atoms with van der Waals surface area (Å²) in [6.07, 6.45) is -3.98. The van der Waals surface area contributed by atoms with Crippen LogP contribution in [0.5, 0.6) is 0 Å². The topological polar surface area (TPSA) is 79.3 Å². The van der Waals surface area contributed by atoms with Crippen LogP contribution in [0, 0.1) is 6.92 Å². The predicted octanol–water partition coefficient (Wildman–Crippen LogP) is 6.38. The Hall–Kier alpha value is -3.82. The molecule has 0 aliphatic heterocycles. The van der Waals surface area contributed by atoms with Crippen LogP contribution >= 0.6 is 0 Å². The van der Waals surface area contributed by atoms with E-state index in [2.05, 4.69) is 10.6 Å². The summed E-state index contributed by atoms with van der Waals surface area (Å²) in [5, 5.41) is 10.0. The Morgan fingerprint density at radius 1 is 1.00 bits per heavy atom. The molecule has 0 radical (unpaired) electrons. The average molecular weight is 516 g/mol. The van der Waals surface area contributed by atoms with Crippen LogP contribution in [-0.4, -0.2) is 39.7 Å². The monoisotopic (exact) mass is 515 g/mol. The molecule has 0 saturated heterocycles. The third-order valence-electron chi connectivity index (χ3n) is 5.55. The molecule has 3 aromatic rings. The molecule has 10 heteroatoms. The van der Waals surface area contributed by atoms with E-state index in [1.54, 1.807) is 10.7 Å². The van der Waals surface area contributed by atoms with Crippen LogP contribution in [0.4, 0.5) is 29.5 Å². The van der Waals surface area contributed by atoms with Crippen LogP contribution in [0.2, 0.25) is 0 Å². The molecule has 0 spiro atoms. The molecular weight excluding hydrogens is 483 g/mol. The first kappa shape index (κ1) is 27.8. The van der Waals surface area contributed by atoms with E-state index in [4.69, 9.17) is 5.10 Å². The van der Waals surface area contributed by atoms with Crippen molar-refractivity contribution in [2.24, 2.45) is 0 Å². The third-order valence-corrected chi connectivity index (χ3v) is 5.55. The Balaban J connectivity index is 1.79. The fourth-order valence-electron chi connectivity index (χ4n) is 3.65. The van der Waals surface area contributed by atoms with Crippen LogP contribution in [0.15, 0.2) is 54.6 Å². The number of nitrogens with one attached hydrogen (secondary N) is 2. The smallest absolute Gasteiger partial charge is 0.315 e. The molecule has 3 amide bonds. The molecule has 3 rings (SSSR count). The zero-order chi connectivity index (χ0) is 27.4. The van der Waals surface area contributed by atoms with Gasteiger partial charge in [-0.2, -0.15) is 18.3 Å². The number of carbonyl (C=O) groups excluding carboxylic acids is 2. The van der Waals surface area contributed by atoms with Crippen LogP contribution in [0.25, 0.3) is 5.69 Å². The summed E-state index contributed by atoms with van der Waals surface area (Å²) < 4.78 is 40.8. The summed E-state index contributed by atoms with van der Waals surface area (Å²) in [4.78, 5) is 27.1. The summed E-state index contributed by atoms with van der Waals surface area (Å²) >= 11 is 0. The van der Waals surface area contributed by atoms with E-state index < -0.39 is 23.7 Å². The molecule has 0 atom stereocenters. The lowest BCUT2D eigenvalue weighted by molar-refractivity contribution is -0.137. The number of amides is 3. The minimum absolute atomic E-state index is 0.00585. The molecule has 0 bridgehead atoms. The summed E-state index contributed by atoms with van der Waals surface area (Å²) in [5.41, 5.74) is 1.43. The Bertz CT molecular complexity index is 1260. The largest absolute Gasteiger partial charge is 0.416 e. The van der Waals surface area contributed by atoms with Crippen molar-refractivity contribution in [3.8, 4) is 5.69 Å². The second kappa shape index (κ2) is 11.1. The Morgan fingerprint density at radius 2 is 1.70 bits per heavy atom. The number of hydrogen-bond donors (Lipinski definition) is 2. The number of aromatic nitrogens is 2. The standard InChI is InChI=1S/C27H32F3N5O2/c1-6-13-34(25(37)31-20-11-8-10-19(15-20)27(28,29)30)17-24(36)32-23-16-22(26(3,4)5)33-35(23)21-12-7-9-18(2)14-21/h7-12,14-16H,6,13,17H2,1-5H3,(H,31,37)(H,32,36). The van der Waals surface area contributed by atoms with Gasteiger partial charge in [0.25, 0.3) is 0 Å². The number of anilines is 2. The number of alkyl halides is 3. The fraction of sp³-hybridized carbons (Fsp3) is 0.370. The van der Waals surface area contributed by atoms with Crippen LogP contribution in [0.3, 0.4) is 0 Å². The van der Waals surface area contributed by atoms with Gasteiger partial charge in [0, 0.05) is 23.7 Å². The van der Waals surface area contributed by atoms with Crippen LogP contribution < -0.4 is 10.6 Å². The Morgan fingerprint density at radius 3 is 2.32 bits per heavy atom. The van der Waals surface area contributed by atoms with E-state index in [-0.39, 0.29) is 24.2 Å². The van der Waals surface area contributed by atoms with Crippen LogP contribution in [-0.2, 0) is 16.4 Å². The maximum Gasteiger partial charge on any atom is 0.416 e.